The van der Waals surface area contributed by atoms with Gasteiger partial charge in [-0.25, -0.2) is 9.78 Å². The van der Waals surface area contributed by atoms with Crippen LogP contribution in [0.1, 0.15) is 26.3 Å². The highest BCUT2D eigenvalue weighted by Gasteiger charge is 2.20. The number of amides is 3. The maximum atomic E-state index is 13.0. The fraction of sp³-hybridized carbons (Fsp3) is 0.320. The third-order valence-electron chi connectivity index (χ3n) is 4.91. The minimum absolute atomic E-state index is 0.0685. The number of imidazole rings is 1. The summed E-state index contributed by atoms with van der Waals surface area (Å²) in [7, 11) is 0. The van der Waals surface area contributed by atoms with Crippen molar-refractivity contribution in [3.63, 3.8) is 0 Å². The first-order valence-electron chi connectivity index (χ1n) is 11.0. The van der Waals surface area contributed by atoms with Crippen molar-refractivity contribution in [1.29, 1.82) is 0 Å². The molecular weight excluding hydrogens is 438 g/mol. The number of anilines is 1. The van der Waals surface area contributed by atoms with Crippen molar-refractivity contribution in [2.45, 2.75) is 27.7 Å². The third kappa shape index (κ3) is 6.58. The summed E-state index contributed by atoms with van der Waals surface area (Å²) < 4.78 is 1.84. The summed E-state index contributed by atoms with van der Waals surface area (Å²) in [6.45, 7) is 8.77. The standard InChI is InChI=1S/C25H30ClN5O2/c1-5-27-25(33)30(14-17(2)3)16-23(32)29-24-28-22(19-9-11-20(26)12-10-19)15-31(24)21-8-6-7-18(4)13-21/h6-13,15,17H,5,14,16H2,1-4H3,(H,27,33)(H,28,29,32). The molecule has 174 valence electrons. The average Bonchev–Trinajstić information content (AvgIpc) is 3.17. The molecule has 1 heterocycles. The Kier molecular flexibility index (Phi) is 8.11. The van der Waals surface area contributed by atoms with E-state index in [9.17, 15) is 9.59 Å². The Labute approximate surface area is 199 Å². The Morgan fingerprint density at radius 2 is 1.88 bits per heavy atom. The molecule has 0 aliphatic carbocycles. The van der Waals surface area contributed by atoms with Crippen molar-refractivity contribution in [2.24, 2.45) is 5.92 Å². The number of aryl methyl sites for hydroxylation is 1. The van der Waals surface area contributed by atoms with Gasteiger partial charge in [-0.3, -0.25) is 14.7 Å². The quantitative estimate of drug-likeness (QED) is 0.482. The van der Waals surface area contributed by atoms with Gasteiger partial charge in [0, 0.05) is 35.6 Å². The van der Waals surface area contributed by atoms with Gasteiger partial charge in [-0.15, -0.1) is 0 Å². The van der Waals surface area contributed by atoms with E-state index in [4.69, 9.17) is 11.6 Å². The van der Waals surface area contributed by atoms with Gasteiger partial charge in [0.1, 0.15) is 6.54 Å². The second kappa shape index (κ2) is 11.0. The monoisotopic (exact) mass is 467 g/mol. The lowest BCUT2D eigenvalue weighted by atomic mass is 10.2. The number of carbonyl (C=O) groups excluding carboxylic acids is 2. The molecule has 3 rings (SSSR count). The molecule has 3 amide bonds. The van der Waals surface area contributed by atoms with Gasteiger partial charge in [0.15, 0.2) is 0 Å². The zero-order valence-corrected chi connectivity index (χ0v) is 20.2. The molecule has 0 bridgehead atoms. The maximum Gasteiger partial charge on any atom is 0.317 e. The van der Waals surface area contributed by atoms with Crippen LogP contribution in [-0.2, 0) is 4.79 Å². The molecule has 0 fully saturated rings. The average molecular weight is 468 g/mol. The number of nitrogens with one attached hydrogen (secondary N) is 2. The molecule has 0 spiro atoms. The second-order valence-corrected chi connectivity index (χ2v) is 8.76. The molecule has 7 nitrogen and oxygen atoms in total. The molecule has 2 N–H and O–H groups in total. The highest BCUT2D eigenvalue weighted by molar-refractivity contribution is 6.30. The van der Waals surface area contributed by atoms with E-state index in [1.165, 1.54) is 4.90 Å². The van der Waals surface area contributed by atoms with E-state index in [1.807, 2.05) is 74.9 Å². The molecular formula is C25H30ClN5O2. The van der Waals surface area contributed by atoms with E-state index in [0.29, 0.717) is 29.8 Å². The SMILES string of the molecule is CCNC(=O)N(CC(=O)Nc1nc(-c2ccc(Cl)cc2)cn1-c1cccc(C)c1)CC(C)C. The van der Waals surface area contributed by atoms with Crippen LogP contribution in [0.2, 0.25) is 5.02 Å². The minimum atomic E-state index is -0.316. The zero-order chi connectivity index (χ0) is 24.0. The molecule has 3 aromatic rings. The van der Waals surface area contributed by atoms with E-state index in [0.717, 1.165) is 16.8 Å². The third-order valence-corrected chi connectivity index (χ3v) is 5.16. The fourth-order valence-electron chi connectivity index (χ4n) is 3.46. The molecule has 0 atom stereocenters. The van der Waals surface area contributed by atoms with Crippen LogP contribution in [0.15, 0.2) is 54.7 Å². The molecule has 0 unspecified atom stereocenters. The van der Waals surface area contributed by atoms with Gasteiger partial charge >= 0.3 is 6.03 Å². The molecule has 0 radical (unpaired) electrons. The van der Waals surface area contributed by atoms with E-state index >= 15 is 0 Å². The Balaban J connectivity index is 1.90. The van der Waals surface area contributed by atoms with Crippen molar-refractivity contribution >= 4 is 29.5 Å². The number of nitrogens with zero attached hydrogens (tertiary/aromatic N) is 3. The number of benzene rings is 2. The highest BCUT2D eigenvalue weighted by Crippen LogP contribution is 2.26. The number of hydrogen-bond donors (Lipinski definition) is 2. The van der Waals surface area contributed by atoms with E-state index in [2.05, 4.69) is 15.6 Å². The van der Waals surface area contributed by atoms with Gasteiger partial charge in [0.25, 0.3) is 0 Å². The number of halogens is 1. The Bertz CT molecular complexity index is 1110. The topological polar surface area (TPSA) is 79.3 Å². The van der Waals surface area contributed by atoms with Crippen LogP contribution in [-0.4, -0.2) is 46.0 Å². The molecule has 0 aliphatic rings. The van der Waals surface area contributed by atoms with Gasteiger partial charge in [0.05, 0.1) is 5.69 Å². The lowest BCUT2D eigenvalue weighted by molar-refractivity contribution is -0.116. The minimum Gasteiger partial charge on any atom is -0.338 e. The molecule has 0 saturated carbocycles. The Hall–Kier alpha value is -3.32. The number of aromatic nitrogens is 2. The normalized spacial score (nSPS) is 10.8. The summed E-state index contributed by atoms with van der Waals surface area (Å²) in [5.41, 5.74) is 3.54. The zero-order valence-electron chi connectivity index (χ0n) is 19.4. The highest BCUT2D eigenvalue weighted by atomic mass is 35.5. The van der Waals surface area contributed by atoms with E-state index in [-0.39, 0.29) is 24.4 Å². The van der Waals surface area contributed by atoms with E-state index in [1.54, 1.807) is 12.1 Å². The molecule has 2 aromatic carbocycles. The van der Waals surface area contributed by atoms with Gasteiger partial charge in [0.2, 0.25) is 11.9 Å². The predicted octanol–water partition coefficient (Wildman–Crippen LogP) is 5.13. The van der Waals surface area contributed by atoms with E-state index < -0.39 is 0 Å². The van der Waals surface area contributed by atoms with Crippen LogP contribution in [0.25, 0.3) is 16.9 Å². The molecule has 33 heavy (non-hydrogen) atoms. The molecule has 8 heteroatoms. The summed E-state index contributed by atoms with van der Waals surface area (Å²) in [6.07, 6.45) is 1.88. The van der Waals surface area contributed by atoms with Crippen molar-refractivity contribution < 1.29 is 9.59 Å². The van der Waals surface area contributed by atoms with Crippen LogP contribution in [0, 0.1) is 12.8 Å². The summed E-state index contributed by atoms with van der Waals surface area (Å²) in [6, 6.07) is 15.1. The van der Waals surface area contributed by atoms with Crippen molar-refractivity contribution in [3.8, 4) is 16.9 Å². The first kappa shape index (κ1) is 24.3. The summed E-state index contributed by atoms with van der Waals surface area (Å²) in [5.74, 6) is 0.297. The molecule has 1 aromatic heterocycles. The van der Waals surface area contributed by atoms with Crippen LogP contribution in [0.5, 0.6) is 0 Å². The number of hydrogen-bond acceptors (Lipinski definition) is 3. The Morgan fingerprint density at radius 1 is 1.15 bits per heavy atom. The summed E-state index contributed by atoms with van der Waals surface area (Å²) in [4.78, 5) is 31.6. The fourth-order valence-corrected chi connectivity index (χ4v) is 3.59. The molecule has 0 aliphatic heterocycles. The van der Waals surface area contributed by atoms with Gasteiger partial charge < -0.3 is 10.2 Å². The van der Waals surface area contributed by atoms with Crippen LogP contribution in [0.4, 0.5) is 10.7 Å². The first-order chi connectivity index (χ1) is 15.8. The van der Waals surface area contributed by atoms with Gasteiger partial charge in [-0.05, 0) is 49.6 Å². The Morgan fingerprint density at radius 3 is 2.52 bits per heavy atom. The lowest BCUT2D eigenvalue weighted by Crippen LogP contribution is -2.45. The van der Waals surface area contributed by atoms with Crippen LogP contribution < -0.4 is 10.6 Å². The number of carbonyl (C=O) groups is 2. The smallest absolute Gasteiger partial charge is 0.317 e. The first-order valence-corrected chi connectivity index (χ1v) is 11.4. The molecule has 0 saturated heterocycles. The number of rotatable bonds is 8. The van der Waals surface area contributed by atoms with Crippen molar-refractivity contribution in [2.75, 3.05) is 25.0 Å². The lowest BCUT2D eigenvalue weighted by Gasteiger charge is -2.24. The van der Waals surface area contributed by atoms with Crippen molar-refractivity contribution in [1.82, 2.24) is 19.8 Å². The van der Waals surface area contributed by atoms with Gasteiger partial charge in [-0.1, -0.05) is 49.7 Å². The predicted molar refractivity (Wildman–Crippen MR) is 133 cm³/mol. The van der Waals surface area contributed by atoms with Gasteiger partial charge in [-0.2, -0.15) is 0 Å². The largest absolute Gasteiger partial charge is 0.338 e. The van der Waals surface area contributed by atoms with Crippen LogP contribution in [0.3, 0.4) is 0 Å². The second-order valence-electron chi connectivity index (χ2n) is 8.32. The maximum absolute atomic E-state index is 13.0. The summed E-state index contributed by atoms with van der Waals surface area (Å²) in [5, 5.41) is 6.30. The van der Waals surface area contributed by atoms with Crippen molar-refractivity contribution in [3.05, 3.63) is 65.3 Å². The number of urea groups is 1. The summed E-state index contributed by atoms with van der Waals surface area (Å²) >= 11 is 6.03. The van der Waals surface area contributed by atoms with Crippen LogP contribution >= 0.6 is 11.6 Å².